The Hall–Kier alpha value is -7.94. The summed E-state index contributed by atoms with van der Waals surface area (Å²) in [6.45, 7) is 0. The molecule has 0 fully saturated rings. The van der Waals surface area contributed by atoms with Crippen molar-refractivity contribution in [3.05, 3.63) is 231 Å². The molecule has 0 aliphatic rings. The van der Waals surface area contributed by atoms with Crippen LogP contribution < -0.4 is 4.90 Å². The summed E-state index contributed by atoms with van der Waals surface area (Å²) in [7, 11) is 0. The summed E-state index contributed by atoms with van der Waals surface area (Å²) in [6, 6.07) is 84.3. The Labute approximate surface area is 348 Å². The van der Waals surface area contributed by atoms with Crippen molar-refractivity contribution in [1.82, 2.24) is 4.57 Å². The van der Waals surface area contributed by atoms with Gasteiger partial charge in [-0.15, -0.1) is 0 Å². The maximum absolute atomic E-state index is 2.45. The van der Waals surface area contributed by atoms with Gasteiger partial charge in [-0.05, 0) is 115 Å². The third-order valence-corrected chi connectivity index (χ3v) is 12.3. The molecule has 0 saturated heterocycles. The van der Waals surface area contributed by atoms with Gasteiger partial charge in [-0.25, -0.2) is 0 Å². The lowest BCUT2D eigenvalue weighted by atomic mass is 9.94. The molecule has 2 nitrogen and oxygen atoms in total. The number of anilines is 3. The van der Waals surface area contributed by atoms with Crippen LogP contribution in [0.25, 0.3) is 92.8 Å². The third kappa shape index (κ3) is 5.50. The SMILES string of the molecule is c1ccc(-n2c3ccccc3c3c(-c4cccc(N(c5ccc(-c6ccc7c(ccc8ccccc87)c6)cc5)c5cccc6ccccc56)c4)cc4ccccc4c32)cc1. The van der Waals surface area contributed by atoms with E-state index < -0.39 is 0 Å². The van der Waals surface area contributed by atoms with Gasteiger partial charge < -0.3 is 9.47 Å². The van der Waals surface area contributed by atoms with Crippen LogP contribution in [0, 0.1) is 0 Å². The minimum absolute atomic E-state index is 1.10. The van der Waals surface area contributed by atoms with Gasteiger partial charge >= 0.3 is 0 Å². The van der Waals surface area contributed by atoms with E-state index in [0.29, 0.717) is 0 Å². The van der Waals surface area contributed by atoms with Crippen LogP contribution in [-0.2, 0) is 0 Å². The summed E-state index contributed by atoms with van der Waals surface area (Å²) in [4.78, 5) is 2.42. The predicted molar refractivity (Wildman–Crippen MR) is 256 cm³/mol. The topological polar surface area (TPSA) is 8.17 Å². The standard InChI is InChI=1S/C58H38N2/c1-2-19-46(20-3-1)60-56-26-11-10-25-53(56)57-54(38-44-16-6-9-24-52(44)58(57)60)43-18-12-21-48(37-43)59(55-27-13-17-40-14-5-8-23-51(40)55)47-33-30-39(31-34-47)42-32-35-50-45(36-42)29-28-41-15-4-7-22-49(41)50/h1-38H. The first-order valence-corrected chi connectivity index (χ1v) is 20.7. The van der Waals surface area contributed by atoms with Crippen molar-refractivity contribution in [3.8, 4) is 27.9 Å². The number of hydrogen-bond acceptors (Lipinski definition) is 1. The Morgan fingerprint density at radius 3 is 1.75 bits per heavy atom. The van der Waals surface area contributed by atoms with Crippen LogP contribution in [0.5, 0.6) is 0 Å². The smallest absolute Gasteiger partial charge is 0.0625 e. The molecular weight excluding hydrogens is 725 g/mol. The lowest BCUT2D eigenvalue weighted by Gasteiger charge is -2.27. The highest BCUT2D eigenvalue weighted by molar-refractivity contribution is 6.24. The lowest BCUT2D eigenvalue weighted by molar-refractivity contribution is 1.19. The van der Waals surface area contributed by atoms with Crippen molar-refractivity contribution in [2.24, 2.45) is 0 Å². The molecule has 0 N–H and O–H groups in total. The molecule has 12 aromatic rings. The molecule has 0 aliphatic heterocycles. The largest absolute Gasteiger partial charge is 0.310 e. The summed E-state index contributed by atoms with van der Waals surface area (Å²) < 4.78 is 2.45. The fourth-order valence-electron chi connectivity index (χ4n) is 9.55. The number of para-hydroxylation sites is 2. The monoisotopic (exact) mass is 762 g/mol. The number of rotatable bonds is 6. The molecule has 0 aliphatic carbocycles. The van der Waals surface area contributed by atoms with Crippen LogP contribution in [0.1, 0.15) is 0 Å². The van der Waals surface area contributed by atoms with Gasteiger partial charge in [0.1, 0.15) is 0 Å². The number of benzene rings is 11. The molecule has 0 bridgehead atoms. The summed E-state index contributed by atoms with van der Waals surface area (Å²) in [5.74, 6) is 0. The highest BCUT2D eigenvalue weighted by atomic mass is 15.1. The quantitative estimate of drug-likeness (QED) is 0.153. The first-order chi connectivity index (χ1) is 29.8. The van der Waals surface area contributed by atoms with Crippen molar-refractivity contribution >= 4 is 82.0 Å². The Morgan fingerprint density at radius 1 is 0.317 bits per heavy atom. The van der Waals surface area contributed by atoms with E-state index in [0.717, 1.165) is 22.7 Å². The van der Waals surface area contributed by atoms with E-state index in [1.165, 1.54) is 87.1 Å². The van der Waals surface area contributed by atoms with Gasteiger partial charge in [-0.3, -0.25) is 0 Å². The minimum Gasteiger partial charge on any atom is -0.310 e. The van der Waals surface area contributed by atoms with Crippen molar-refractivity contribution < 1.29 is 0 Å². The number of nitrogens with zero attached hydrogens (tertiary/aromatic N) is 2. The predicted octanol–water partition coefficient (Wildman–Crippen LogP) is 16.2. The van der Waals surface area contributed by atoms with Crippen molar-refractivity contribution in [2.45, 2.75) is 0 Å². The van der Waals surface area contributed by atoms with Crippen LogP contribution in [0.3, 0.4) is 0 Å². The number of aromatic nitrogens is 1. The van der Waals surface area contributed by atoms with Gasteiger partial charge in [0.2, 0.25) is 0 Å². The molecule has 2 heteroatoms. The van der Waals surface area contributed by atoms with E-state index >= 15 is 0 Å². The zero-order valence-electron chi connectivity index (χ0n) is 32.8. The van der Waals surface area contributed by atoms with Gasteiger partial charge in [0.15, 0.2) is 0 Å². The second-order valence-corrected chi connectivity index (χ2v) is 15.7. The van der Waals surface area contributed by atoms with E-state index in [2.05, 4.69) is 240 Å². The Morgan fingerprint density at radius 2 is 0.917 bits per heavy atom. The zero-order chi connectivity index (χ0) is 39.6. The molecular formula is C58H38N2. The maximum atomic E-state index is 2.45. The van der Waals surface area contributed by atoms with Gasteiger partial charge in [-0.1, -0.05) is 170 Å². The average Bonchev–Trinajstić information content (AvgIpc) is 3.67. The summed E-state index contributed by atoms with van der Waals surface area (Å²) in [5.41, 5.74) is 11.7. The maximum Gasteiger partial charge on any atom is 0.0625 e. The molecule has 0 spiro atoms. The third-order valence-electron chi connectivity index (χ3n) is 12.3. The lowest BCUT2D eigenvalue weighted by Crippen LogP contribution is -2.10. The van der Waals surface area contributed by atoms with Crippen molar-refractivity contribution in [3.63, 3.8) is 0 Å². The fraction of sp³-hybridized carbons (Fsp3) is 0. The molecule has 1 aromatic heterocycles. The first kappa shape index (κ1) is 34.1. The van der Waals surface area contributed by atoms with Crippen LogP contribution in [-0.4, -0.2) is 4.57 Å². The van der Waals surface area contributed by atoms with Gasteiger partial charge in [0.25, 0.3) is 0 Å². The van der Waals surface area contributed by atoms with Crippen LogP contribution in [0.4, 0.5) is 17.1 Å². The highest BCUT2D eigenvalue weighted by Crippen LogP contribution is 2.45. The minimum atomic E-state index is 1.10. The molecule has 0 unspecified atom stereocenters. The second-order valence-electron chi connectivity index (χ2n) is 15.7. The van der Waals surface area contributed by atoms with E-state index in [4.69, 9.17) is 0 Å². The summed E-state index contributed by atoms with van der Waals surface area (Å²) in [5, 5.41) is 12.5. The molecule has 60 heavy (non-hydrogen) atoms. The highest BCUT2D eigenvalue weighted by Gasteiger charge is 2.21. The van der Waals surface area contributed by atoms with E-state index in [1.54, 1.807) is 0 Å². The molecule has 280 valence electrons. The molecule has 11 aromatic carbocycles. The van der Waals surface area contributed by atoms with E-state index in [-0.39, 0.29) is 0 Å². The van der Waals surface area contributed by atoms with Gasteiger partial charge in [0, 0.05) is 38.6 Å². The van der Waals surface area contributed by atoms with Crippen LogP contribution >= 0.6 is 0 Å². The average molecular weight is 763 g/mol. The molecule has 0 saturated carbocycles. The second kappa shape index (κ2) is 13.9. The zero-order valence-corrected chi connectivity index (χ0v) is 32.8. The van der Waals surface area contributed by atoms with Crippen molar-refractivity contribution in [2.75, 3.05) is 4.90 Å². The Bertz CT molecular complexity index is 3590. The van der Waals surface area contributed by atoms with Crippen molar-refractivity contribution in [1.29, 1.82) is 0 Å². The molecule has 1 heterocycles. The molecule has 12 rings (SSSR count). The fourth-order valence-corrected chi connectivity index (χ4v) is 9.55. The van der Waals surface area contributed by atoms with Crippen LogP contribution in [0.15, 0.2) is 231 Å². The number of fused-ring (bicyclic) bond motifs is 9. The van der Waals surface area contributed by atoms with Crippen LogP contribution in [0.2, 0.25) is 0 Å². The number of hydrogen-bond donors (Lipinski definition) is 0. The van der Waals surface area contributed by atoms with E-state index in [9.17, 15) is 0 Å². The molecule has 0 amide bonds. The Kier molecular flexibility index (Phi) is 7.89. The summed E-state index contributed by atoms with van der Waals surface area (Å²) >= 11 is 0. The van der Waals surface area contributed by atoms with Gasteiger partial charge in [-0.2, -0.15) is 0 Å². The first-order valence-electron chi connectivity index (χ1n) is 20.7. The van der Waals surface area contributed by atoms with E-state index in [1.807, 2.05) is 0 Å². The summed E-state index contributed by atoms with van der Waals surface area (Å²) in [6.07, 6.45) is 0. The van der Waals surface area contributed by atoms with Gasteiger partial charge in [0.05, 0.1) is 16.7 Å². The Balaban J connectivity index is 1.04. The molecule has 0 atom stereocenters. The molecule has 0 radical (unpaired) electrons. The normalized spacial score (nSPS) is 11.7.